The number of rotatable bonds is 7. The van der Waals surface area contributed by atoms with Gasteiger partial charge in [-0.1, -0.05) is 19.1 Å². The highest BCUT2D eigenvalue weighted by Gasteiger charge is 2.08. The van der Waals surface area contributed by atoms with Gasteiger partial charge in [-0.2, -0.15) is 0 Å². The van der Waals surface area contributed by atoms with Crippen LogP contribution in [0.3, 0.4) is 0 Å². The molecule has 4 heteroatoms. The summed E-state index contributed by atoms with van der Waals surface area (Å²) in [6, 6.07) is 10.0. The highest BCUT2D eigenvalue weighted by Crippen LogP contribution is 2.27. The number of benzene rings is 1. The lowest BCUT2D eigenvalue weighted by atomic mass is 10.2. The smallest absolute Gasteiger partial charge is 0.146 e. The van der Waals surface area contributed by atoms with Gasteiger partial charge < -0.3 is 14.5 Å². The van der Waals surface area contributed by atoms with E-state index in [1.807, 2.05) is 30.5 Å². The van der Waals surface area contributed by atoms with Crippen LogP contribution in [0.4, 0.5) is 0 Å². The SMILES string of the molecule is CCNCc1ccoc1COc1ccccc1SC. The van der Waals surface area contributed by atoms with E-state index in [2.05, 4.69) is 18.3 Å². The van der Waals surface area contributed by atoms with Gasteiger partial charge >= 0.3 is 0 Å². The molecule has 0 aliphatic carbocycles. The summed E-state index contributed by atoms with van der Waals surface area (Å²) in [6.45, 7) is 4.31. The molecule has 0 fully saturated rings. The highest BCUT2D eigenvalue weighted by molar-refractivity contribution is 7.98. The lowest BCUT2D eigenvalue weighted by molar-refractivity contribution is 0.262. The number of nitrogens with one attached hydrogen (secondary N) is 1. The van der Waals surface area contributed by atoms with Gasteiger partial charge in [-0.25, -0.2) is 0 Å². The molecule has 2 aromatic rings. The topological polar surface area (TPSA) is 34.4 Å². The third-order valence-electron chi connectivity index (χ3n) is 2.83. The first-order valence-electron chi connectivity index (χ1n) is 6.37. The molecule has 0 aliphatic rings. The molecule has 1 N–H and O–H groups in total. The standard InChI is InChI=1S/C15H19NO2S/c1-3-16-10-12-8-9-17-14(12)11-18-13-6-4-5-7-15(13)19-2/h4-9,16H,3,10-11H2,1-2H3. The van der Waals surface area contributed by atoms with E-state index >= 15 is 0 Å². The second-order valence-corrected chi connectivity index (χ2v) is 4.94. The van der Waals surface area contributed by atoms with E-state index in [-0.39, 0.29) is 0 Å². The van der Waals surface area contributed by atoms with Gasteiger partial charge in [0.1, 0.15) is 18.1 Å². The lowest BCUT2D eigenvalue weighted by Gasteiger charge is -2.09. The van der Waals surface area contributed by atoms with E-state index < -0.39 is 0 Å². The number of hydrogen-bond donors (Lipinski definition) is 1. The molecule has 2 rings (SSSR count). The van der Waals surface area contributed by atoms with Crippen LogP contribution in [0.1, 0.15) is 18.2 Å². The lowest BCUT2D eigenvalue weighted by Crippen LogP contribution is -2.12. The predicted molar refractivity (Wildman–Crippen MR) is 78.6 cm³/mol. The van der Waals surface area contributed by atoms with Crippen molar-refractivity contribution in [2.24, 2.45) is 0 Å². The highest BCUT2D eigenvalue weighted by atomic mass is 32.2. The average Bonchev–Trinajstić information content (AvgIpc) is 2.90. The molecular weight excluding hydrogens is 258 g/mol. The van der Waals surface area contributed by atoms with E-state index in [0.29, 0.717) is 6.61 Å². The van der Waals surface area contributed by atoms with Crippen LogP contribution in [0, 0.1) is 0 Å². The Balaban J connectivity index is 2.00. The Bertz CT molecular complexity index is 510. The zero-order valence-corrected chi connectivity index (χ0v) is 12.1. The van der Waals surface area contributed by atoms with Crippen LogP contribution in [-0.2, 0) is 13.2 Å². The monoisotopic (exact) mass is 277 g/mol. The van der Waals surface area contributed by atoms with E-state index in [1.165, 1.54) is 0 Å². The van der Waals surface area contributed by atoms with Crippen molar-refractivity contribution in [2.75, 3.05) is 12.8 Å². The van der Waals surface area contributed by atoms with E-state index in [4.69, 9.17) is 9.15 Å². The van der Waals surface area contributed by atoms with Gasteiger partial charge in [0, 0.05) is 17.0 Å². The Morgan fingerprint density at radius 1 is 1.26 bits per heavy atom. The maximum absolute atomic E-state index is 5.85. The molecule has 19 heavy (non-hydrogen) atoms. The maximum Gasteiger partial charge on any atom is 0.146 e. The Labute approximate surface area is 118 Å². The third-order valence-corrected chi connectivity index (χ3v) is 3.61. The summed E-state index contributed by atoms with van der Waals surface area (Å²) in [5.41, 5.74) is 1.16. The summed E-state index contributed by atoms with van der Waals surface area (Å²) in [4.78, 5) is 1.14. The zero-order valence-electron chi connectivity index (χ0n) is 11.3. The van der Waals surface area contributed by atoms with Gasteiger partial charge in [-0.3, -0.25) is 0 Å². The zero-order chi connectivity index (χ0) is 13.5. The largest absolute Gasteiger partial charge is 0.484 e. The summed E-state index contributed by atoms with van der Waals surface area (Å²) < 4.78 is 11.3. The van der Waals surface area contributed by atoms with Crippen LogP contribution in [0.15, 0.2) is 45.9 Å². The minimum absolute atomic E-state index is 0.464. The van der Waals surface area contributed by atoms with Gasteiger partial charge in [0.05, 0.1) is 6.26 Å². The van der Waals surface area contributed by atoms with Crippen molar-refractivity contribution in [2.45, 2.75) is 25.0 Å². The number of ether oxygens (including phenoxy) is 1. The van der Waals surface area contributed by atoms with Crippen LogP contribution >= 0.6 is 11.8 Å². The van der Waals surface area contributed by atoms with Crippen molar-refractivity contribution in [3.63, 3.8) is 0 Å². The van der Waals surface area contributed by atoms with Crippen LogP contribution in [0.25, 0.3) is 0 Å². The van der Waals surface area contributed by atoms with Crippen molar-refractivity contribution in [1.29, 1.82) is 0 Å². The van der Waals surface area contributed by atoms with Gasteiger partial charge in [-0.15, -0.1) is 11.8 Å². The molecule has 0 unspecified atom stereocenters. The second-order valence-electron chi connectivity index (χ2n) is 4.09. The Morgan fingerprint density at radius 3 is 2.89 bits per heavy atom. The summed E-state index contributed by atoms with van der Waals surface area (Å²) >= 11 is 1.68. The molecule has 0 amide bonds. The number of furan rings is 1. The molecule has 0 radical (unpaired) electrons. The molecule has 0 saturated carbocycles. The second kappa shape index (κ2) is 7.26. The molecular formula is C15H19NO2S. The fourth-order valence-corrected chi connectivity index (χ4v) is 2.33. The fourth-order valence-electron chi connectivity index (χ4n) is 1.79. The van der Waals surface area contributed by atoms with Crippen LogP contribution in [0.2, 0.25) is 0 Å². The van der Waals surface area contributed by atoms with Crippen molar-refractivity contribution in [3.05, 3.63) is 47.9 Å². The molecule has 1 heterocycles. The molecule has 0 bridgehead atoms. The Hall–Kier alpha value is -1.39. The molecule has 0 spiro atoms. The predicted octanol–water partition coefficient (Wildman–Crippen LogP) is 3.69. The normalized spacial score (nSPS) is 10.6. The van der Waals surface area contributed by atoms with Gasteiger partial charge in [0.25, 0.3) is 0 Å². The molecule has 1 aromatic carbocycles. The minimum atomic E-state index is 0.464. The first-order valence-corrected chi connectivity index (χ1v) is 7.59. The first kappa shape index (κ1) is 14.0. The Kier molecular flexibility index (Phi) is 5.36. The molecule has 3 nitrogen and oxygen atoms in total. The summed E-state index contributed by atoms with van der Waals surface area (Å²) in [6.07, 6.45) is 3.76. The van der Waals surface area contributed by atoms with Crippen molar-refractivity contribution < 1.29 is 9.15 Å². The van der Waals surface area contributed by atoms with E-state index in [0.717, 1.165) is 35.1 Å². The summed E-state index contributed by atoms with van der Waals surface area (Å²) in [7, 11) is 0. The Morgan fingerprint density at radius 2 is 2.11 bits per heavy atom. The number of hydrogen-bond acceptors (Lipinski definition) is 4. The third kappa shape index (κ3) is 3.78. The summed E-state index contributed by atoms with van der Waals surface area (Å²) in [5, 5.41) is 3.29. The van der Waals surface area contributed by atoms with E-state index in [1.54, 1.807) is 18.0 Å². The van der Waals surface area contributed by atoms with Crippen molar-refractivity contribution in [3.8, 4) is 5.75 Å². The summed E-state index contributed by atoms with van der Waals surface area (Å²) in [5.74, 6) is 1.79. The fraction of sp³-hybridized carbons (Fsp3) is 0.333. The minimum Gasteiger partial charge on any atom is -0.484 e. The van der Waals surface area contributed by atoms with Crippen LogP contribution in [-0.4, -0.2) is 12.8 Å². The van der Waals surface area contributed by atoms with Gasteiger partial charge in [0.15, 0.2) is 0 Å². The number of thioether (sulfide) groups is 1. The quantitative estimate of drug-likeness (QED) is 0.783. The van der Waals surface area contributed by atoms with Crippen molar-refractivity contribution in [1.82, 2.24) is 5.32 Å². The first-order chi connectivity index (χ1) is 9.35. The van der Waals surface area contributed by atoms with Crippen LogP contribution in [0.5, 0.6) is 5.75 Å². The molecule has 0 saturated heterocycles. The van der Waals surface area contributed by atoms with Crippen LogP contribution < -0.4 is 10.1 Å². The average molecular weight is 277 g/mol. The molecule has 102 valence electrons. The number of para-hydroxylation sites is 1. The molecule has 0 aliphatic heterocycles. The van der Waals surface area contributed by atoms with Gasteiger partial charge in [0.2, 0.25) is 0 Å². The molecule has 0 atom stereocenters. The van der Waals surface area contributed by atoms with E-state index in [9.17, 15) is 0 Å². The molecule has 1 aromatic heterocycles. The van der Waals surface area contributed by atoms with Crippen molar-refractivity contribution >= 4 is 11.8 Å². The maximum atomic E-state index is 5.85. The van der Waals surface area contributed by atoms with Gasteiger partial charge in [-0.05, 0) is 31.0 Å².